The average Bonchev–Trinajstić information content (AvgIpc) is 3.15. The van der Waals surface area contributed by atoms with Gasteiger partial charge in [-0.15, -0.1) is 23.1 Å². The van der Waals surface area contributed by atoms with Crippen LogP contribution in [0, 0.1) is 23.1 Å². The fourth-order valence-corrected chi connectivity index (χ4v) is 6.21. The van der Waals surface area contributed by atoms with Crippen molar-refractivity contribution in [2.45, 2.75) is 43.3 Å². The second-order valence-corrected chi connectivity index (χ2v) is 10.9. The minimum atomic E-state index is -0.586. The molecule has 0 saturated heterocycles. The molecule has 8 heteroatoms. The summed E-state index contributed by atoms with van der Waals surface area (Å²) in [5.41, 5.74) is 2.15. The molecule has 0 aliphatic heterocycles. The minimum Gasteiger partial charge on any atom is -0.322 e. The number of hydrogen-bond donors (Lipinski definition) is 2. The Morgan fingerprint density at radius 3 is 2.76 bits per heavy atom. The molecule has 3 aromatic rings. The first-order valence-electron chi connectivity index (χ1n) is 11.0. The van der Waals surface area contributed by atoms with E-state index in [0.717, 1.165) is 29.7 Å². The molecule has 5 nitrogen and oxygen atoms in total. The van der Waals surface area contributed by atoms with Gasteiger partial charge >= 0.3 is 0 Å². The van der Waals surface area contributed by atoms with E-state index in [1.807, 2.05) is 6.07 Å². The van der Waals surface area contributed by atoms with Gasteiger partial charge in [0.2, 0.25) is 5.91 Å². The Hall–Kier alpha value is -3.15. The number of fused-ring (bicyclic) bond motifs is 1. The van der Waals surface area contributed by atoms with Crippen LogP contribution < -0.4 is 10.6 Å². The lowest BCUT2D eigenvalue weighted by molar-refractivity contribution is -0.115. The zero-order valence-corrected chi connectivity index (χ0v) is 20.5. The number of carbonyl (C=O) groups is 2. The number of benzene rings is 2. The fraction of sp³-hybridized carbons (Fsp3) is 0.269. The van der Waals surface area contributed by atoms with E-state index in [-0.39, 0.29) is 11.5 Å². The maximum absolute atomic E-state index is 13.9. The molecule has 2 atom stereocenters. The third-order valence-corrected chi connectivity index (χ3v) is 8.02. The first kappa shape index (κ1) is 24.0. The predicted molar refractivity (Wildman–Crippen MR) is 135 cm³/mol. The van der Waals surface area contributed by atoms with Gasteiger partial charge < -0.3 is 10.6 Å². The van der Waals surface area contributed by atoms with E-state index in [4.69, 9.17) is 0 Å². The molecule has 0 fully saturated rings. The second-order valence-electron chi connectivity index (χ2n) is 8.38. The van der Waals surface area contributed by atoms with Crippen LogP contribution in [0.3, 0.4) is 0 Å². The number of anilines is 2. The van der Waals surface area contributed by atoms with E-state index < -0.39 is 17.0 Å². The maximum atomic E-state index is 13.9. The molecule has 0 bridgehead atoms. The highest BCUT2D eigenvalue weighted by Crippen LogP contribution is 2.39. The van der Waals surface area contributed by atoms with Gasteiger partial charge in [0.15, 0.2) is 0 Å². The van der Waals surface area contributed by atoms with Gasteiger partial charge in [-0.3, -0.25) is 9.59 Å². The molecule has 2 unspecified atom stereocenters. The molecule has 0 saturated carbocycles. The van der Waals surface area contributed by atoms with Crippen molar-refractivity contribution < 1.29 is 14.0 Å². The zero-order chi connectivity index (χ0) is 24.2. The first-order valence-corrected chi connectivity index (χ1v) is 12.7. The fourth-order valence-electron chi connectivity index (χ4n) is 3.92. The number of halogens is 1. The molecule has 2 amide bonds. The highest BCUT2D eigenvalue weighted by molar-refractivity contribution is 8.00. The predicted octanol–water partition coefficient (Wildman–Crippen LogP) is 6.26. The average molecular weight is 494 g/mol. The SMILES string of the molecule is CC1CCc2c(sc(NC(=O)C(C)Sc3cccc(NC(=O)c4ccccc4F)c3)c2C#N)C1. The van der Waals surface area contributed by atoms with Gasteiger partial charge in [0.05, 0.1) is 16.4 Å². The number of nitrogens with one attached hydrogen (secondary N) is 2. The largest absolute Gasteiger partial charge is 0.322 e. The van der Waals surface area contributed by atoms with Crippen LogP contribution >= 0.6 is 23.1 Å². The van der Waals surface area contributed by atoms with Crippen molar-refractivity contribution in [2.24, 2.45) is 5.92 Å². The second kappa shape index (κ2) is 10.4. The Morgan fingerprint density at radius 1 is 1.21 bits per heavy atom. The summed E-state index contributed by atoms with van der Waals surface area (Å²) >= 11 is 2.85. The Morgan fingerprint density at radius 2 is 2.00 bits per heavy atom. The summed E-state index contributed by atoms with van der Waals surface area (Å²) in [7, 11) is 0. The normalized spacial score (nSPS) is 15.6. The molecular formula is C26H24FN3O2S2. The Bertz CT molecular complexity index is 1280. The van der Waals surface area contributed by atoms with Crippen LogP contribution in [0.2, 0.25) is 0 Å². The number of carbonyl (C=O) groups excluding carboxylic acids is 2. The maximum Gasteiger partial charge on any atom is 0.258 e. The van der Waals surface area contributed by atoms with E-state index in [1.54, 1.807) is 31.2 Å². The quantitative estimate of drug-likeness (QED) is 0.397. The van der Waals surface area contributed by atoms with E-state index >= 15 is 0 Å². The zero-order valence-electron chi connectivity index (χ0n) is 18.9. The first-order chi connectivity index (χ1) is 16.4. The van der Waals surface area contributed by atoms with Crippen LogP contribution in [0.15, 0.2) is 53.4 Å². The molecule has 174 valence electrons. The molecule has 0 spiro atoms. The summed E-state index contributed by atoms with van der Waals surface area (Å²) in [5.74, 6) is -0.723. The number of amides is 2. The number of rotatable bonds is 6. The topological polar surface area (TPSA) is 82.0 Å². The van der Waals surface area contributed by atoms with Crippen LogP contribution in [0.1, 0.15) is 46.6 Å². The number of nitriles is 1. The van der Waals surface area contributed by atoms with E-state index in [1.165, 1.54) is 46.2 Å². The van der Waals surface area contributed by atoms with Crippen molar-refractivity contribution in [1.29, 1.82) is 5.26 Å². The van der Waals surface area contributed by atoms with Gasteiger partial charge in [-0.2, -0.15) is 5.26 Å². The van der Waals surface area contributed by atoms with E-state index in [0.29, 0.717) is 22.2 Å². The van der Waals surface area contributed by atoms with Crippen LogP contribution in [0.4, 0.5) is 15.1 Å². The van der Waals surface area contributed by atoms with Crippen molar-refractivity contribution in [3.8, 4) is 6.07 Å². The summed E-state index contributed by atoms with van der Waals surface area (Å²) < 4.78 is 13.9. The minimum absolute atomic E-state index is 0.0327. The molecular weight excluding hydrogens is 469 g/mol. The summed E-state index contributed by atoms with van der Waals surface area (Å²) in [4.78, 5) is 27.3. The molecule has 1 aliphatic rings. The number of hydrogen-bond acceptors (Lipinski definition) is 5. The van der Waals surface area contributed by atoms with Crippen molar-refractivity contribution in [1.82, 2.24) is 0 Å². The van der Waals surface area contributed by atoms with Gasteiger partial charge in [-0.05, 0) is 68.0 Å². The van der Waals surface area contributed by atoms with Gasteiger partial charge in [-0.1, -0.05) is 25.1 Å². The van der Waals surface area contributed by atoms with Gasteiger partial charge in [0.1, 0.15) is 16.9 Å². The monoisotopic (exact) mass is 493 g/mol. The summed E-state index contributed by atoms with van der Waals surface area (Å²) in [6, 6.07) is 15.2. The van der Waals surface area contributed by atoms with Crippen molar-refractivity contribution in [2.75, 3.05) is 10.6 Å². The lowest BCUT2D eigenvalue weighted by Gasteiger charge is -2.17. The van der Waals surface area contributed by atoms with Gasteiger partial charge in [0.25, 0.3) is 5.91 Å². The standard InChI is InChI=1S/C26H24FN3O2S2/c1-15-10-11-19-21(14-28)26(34-23(19)12-15)30-24(31)16(2)33-18-7-5-6-17(13-18)29-25(32)20-8-3-4-9-22(20)27/h3-9,13,15-16H,10-12H2,1-2H3,(H,29,32)(H,30,31). The third-order valence-electron chi connectivity index (χ3n) is 5.75. The van der Waals surface area contributed by atoms with Crippen LogP contribution in [0.5, 0.6) is 0 Å². The van der Waals surface area contributed by atoms with Crippen LogP contribution in [-0.2, 0) is 17.6 Å². The molecule has 0 radical (unpaired) electrons. The Kier molecular flexibility index (Phi) is 7.35. The van der Waals surface area contributed by atoms with Crippen molar-refractivity contribution >= 4 is 45.6 Å². The molecule has 1 heterocycles. The molecule has 1 aromatic heterocycles. The van der Waals surface area contributed by atoms with Gasteiger partial charge in [-0.25, -0.2) is 4.39 Å². The summed E-state index contributed by atoms with van der Waals surface area (Å²) in [6.45, 7) is 4.00. The highest BCUT2D eigenvalue weighted by atomic mass is 32.2. The number of thiophene rings is 1. The Labute approximate surface area is 206 Å². The van der Waals surface area contributed by atoms with Crippen LogP contribution in [0.25, 0.3) is 0 Å². The van der Waals surface area contributed by atoms with Crippen LogP contribution in [-0.4, -0.2) is 17.1 Å². The van der Waals surface area contributed by atoms with Crippen molar-refractivity contribution in [3.05, 3.63) is 75.9 Å². The summed E-state index contributed by atoms with van der Waals surface area (Å²) in [6.07, 6.45) is 2.88. The van der Waals surface area contributed by atoms with E-state index in [9.17, 15) is 19.2 Å². The third kappa shape index (κ3) is 5.32. The van der Waals surface area contributed by atoms with Crippen molar-refractivity contribution in [3.63, 3.8) is 0 Å². The molecule has 4 rings (SSSR count). The Balaban J connectivity index is 1.42. The lowest BCUT2D eigenvalue weighted by atomic mass is 9.89. The lowest BCUT2D eigenvalue weighted by Crippen LogP contribution is -2.22. The molecule has 34 heavy (non-hydrogen) atoms. The number of nitrogens with zero attached hydrogens (tertiary/aromatic N) is 1. The molecule has 2 N–H and O–H groups in total. The summed E-state index contributed by atoms with van der Waals surface area (Å²) in [5, 5.41) is 15.5. The van der Waals surface area contributed by atoms with E-state index in [2.05, 4.69) is 23.6 Å². The molecule has 2 aromatic carbocycles. The number of thioether (sulfide) groups is 1. The van der Waals surface area contributed by atoms with Gasteiger partial charge in [0, 0.05) is 15.5 Å². The smallest absolute Gasteiger partial charge is 0.258 e. The molecule has 1 aliphatic carbocycles. The highest BCUT2D eigenvalue weighted by Gasteiger charge is 2.26.